The Bertz CT molecular complexity index is 859. The molecule has 0 unspecified atom stereocenters. The van der Waals surface area contributed by atoms with Gasteiger partial charge in [0.05, 0.1) is 6.54 Å². The van der Waals surface area contributed by atoms with Crippen molar-refractivity contribution in [3.8, 4) is 0 Å². The molecule has 2 aliphatic rings. The van der Waals surface area contributed by atoms with E-state index >= 15 is 0 Å². The molecule has 1 fully saturated rings. The Morgan fingerprint density at radius 2 is 1.93 bits per heavy atom. The molecule has 4 rings (SSSR count). The van der Waals surface area contributed by atoms with Gasteiger partial charge in [-0.1, -0.05) is 18.2 Å². The average molecular weight is 369 g/mol. The monoisotopic (exact) mass is 369 g/mol. The van der Waals surface area contributed by atoms with Crippen LogP contribution in [0.3, 0.4) is 0 Å². The first-order valence-corrected chi connectivity index (χ1v) is 9.58. The van der Waals surface area contributed by atoms with Crippen LogP contribution in [0.1, 0.15) is 37.1 Å². The topological polar surface area (TPSA) is 45.6 Å². The molecule has 0 bridgehead atoms. The van der Waals surface area contributed by atoms with Gasteiger partial charge in [-0.25, -0.2) is 4.39 Å². The Labute approximate surface area is 158 Å². The predicted octanol–water partition coefficient (Wildman–Crippen LogP) is 2.82. The van der Waals surface area contributed by atoms with Gasteiger partial charge in [0.15, 0.2) is 0 Å². The van der Waals surface area contributed by atoms with Gasteiger partial charge < -0.3 is 14.4 Å². The van der Waals surface area contributed by atoms with Crippen LogP contribution in [0.25, 0.3) is 0 Å². The molecule has 2 aromatic rings. The van der Waals surface area contributed by atoms with Crippen LogP contribution in [0.15, 0.2) is 42.6 Å². The van der Waals surface area contributed by atoms with Gasteiger partial charge in [0.25, 0.3) is 0 Å². The molecule has 0 radical (unpaired) electrons. The molecule has 0 N–H and O–H groups in total. The van der Waals surface area contributed by atoms with Crippen LogP contribution >= 0.6 is 0 Å². The van der Waals surface area contributed by atoms with E-state index < -0.39 is 6.04 Å². The summed E-state index contributed by atoms with van der Waals surface area (Å²) in [6.07, 6.45) is 3.79. The van der Waals surface area contributed by atoms with Gasteiger partial charge in [-0.05, 0) is 38.0 Å². The molecule has 0 saturated heterocycles. The minimum absolute atomic E-state index is 0.0531. The van der Waals surface area contributed by atoms with Gasteiger partial charge in [0.2, 0.25) is 11.8 Å². The quantitative estimate of drug-likeness (QED) is 0.814. The third kappa shape index (κ3) is 3.36. The number of nitrogens with zero attached hydrogens (tertiary/aromatic N) is 3. The van der Waals surface area contributed by atoms with Crippen LogP contribution in [0.4, 0.5) is 4.39 Å². The number of benzene rings is 1. The molecule has 6 heteroatoms. The van der Waals surface area contributed by atoms with Crippen LogP contribution < -0.4 is 0 Å². The third-order valence-corrected chi connectivity index (χ3v) is 5.50. The van der Waals surface area contributed by atoms with Gasteiger partial charge in [-0.15, -0.1) is 0 Å². The Kier molecular flexibility index (Phi) is 4.72. The highest BCUT2D eigenvalue weighted by Gasteiger charge is 2.37. The molecule has 1 saturated carbocycles. The molecule has 5 nitrogen and oxygen atoms in total. The molecule has 1 atom stereocenters. The first kappa shape index (κ1) is 17.8. The SMILES string of the molecule is CCN(CC(=O)N1CCn2cccc2[C@H]1c1ccccc1F)C(=O)C1CC1. The number of hydrogen-bond donors (Lipinski definition) is 0. The fourth-order valence-electron chi connectivity index (χ4n) is 3.86. The zero-order chi connectivity index (χ0) is 19.0. The fourth-order valence-corrected chi connectivity index (χ4v) is 3.86. The van der Waals surface area contributed by atoms with Crippen molar-refractivity contribution in [2.24, 2.45) is 5.92 Å². The predicted molar refractivity (Wildman–Crippen MR) is 99.4 cm³/mol. The number of carbonyl (C=O) groups is 2. The minimum atomic E-state index is -0.475. The van der Waals surface area contributed by atoms with Crippen molar-refractivity contribution in [2.75, 3.05) is 19.6 Å². The molecule has 1 aromatic heterocycles. The number of halogens is 1. The second-order valence-corrected chi connectivity index (χ2v) is 7.26. The third-order valence-electron chi connectivity index (χ3n) is 5.50. The fraction of sp³-hybridized carbons (Fsp3) is 0.429. The maximum absolute atomic E-state index is 14.6. The van der Waals surface area contributed by atoms with Crippen molar-refractivity contribution in [1.29, 1.82) is 0 Å². The lowest BCUT2D eigenvalue weighted by Crippen LogP contribution is -2.48. The van der Waals surface area contributed by atoms with E-state index in [1.807, 2.05) is 25.3 Å². The molecule has 27 heavy (non-hydrogen) atoms. The maximum Gasteiger partial charge on any atom is 0.243 e. The van der Waals surface area contributed by atoms with Crippen LogP contribution in [-0.4, -0.2) is 45.8 Å². The smallest absolute Gasteiger partial charge is 0.243 e. The Morgan fingerprint density at radius 3 is 2.63 bits per heavy atom. The number of carbonyl (C=O) groups excluding carboxylic acids is 2. The maximum atomic E-state index is 14.6. The summed E-state index contributed by atoms with van der Waals surface area (Å²) in [5.74, 6) is -0.310. The summed E-state index contributed by atoms with van der Waals surface area (Å²) >= 11 is 0. The number of amides is 2. The van der Waals surface area contributed by atoms with E-state index in [4.69, 9.17) is 0 Å². The molecule has 1 aromatic carbocycles. The van der Waals surface area contributed by atoms with Crippen LogP contribution in [0.2, 0.25) is 0 Å². The van der Waals surface area contributed by atoms with Gasteiger partial charge in [0.1, 0.15) is 11.9 Å². The summed E-state index contributed by atoms with van der Waals surface area (Å²) in [5.41, 5.74) is 1.39. The number of fused-ring (bicyclic) bond motifs is 1. The van der Waals surface area contributed by atoms with Crippen molar-refractivity contribution in [1.82, 2.24) is 14.4 Å². The molecule has 1 aliphatic carbocycles. The minimum Gasteiger partial charge on any atom is -0.348 e. The van der Waals surface area contributed by atoms with Gasteiger partial charge in [-0.2, -0.15) is 0 Å². The van der Waals surface area contributed by atoms with Crippen molar-refractivity contribution in [3.05, 3.63) is 59.7 Å². The molecular formula is C21H24FN3O2. The van der Waals surface area contributed by atoms with Gasteiger partial charge in [-0.3, -0.25) is 9.59 Å². The van der Waals surface area contributed by atoms with E-state index in [2.05, 4.69) is 4.57 Å². The average Bonchev–Trinajstić information content (AvgIpc) is 3.42. The van der Waals surface area contributed by atoms with Crippen LogP contribution in [0, 0.1) is 11.7 Å². The number of rotatable bonds is 5. The number of aromatic nitrogens is 1. The highest BCUT2D eigenvalue weighted by Crippen LogP contribution is 2.34. The Balaban J connectivity index is 1.63. The molecule has 2 heterocycles. The number of likely N-dealkylation sites (N-methyl/N-ethyl adjacent to an activating group) is 1. The molecular weight excluding hydrogens is 345 g/mol. The summed E-state index contributed by atoms with van der Waals surface area (Å²) in [7, 11) is 0. The summed E-state index contributed by atoms with van der Waals surface area (Å²) in [6, 6.07) is 9.98. The van der Waals surface area contributed by atoms with Crippen molar-refractivity contribution < 1.29 is 14.0 Å². The van der Waals surface area contributed by atoms with Crippen molar-refractivity contribution in [3.63, 3.8) is 0 Å². The lowest BCUT2D eigenvalue weighted by molar-refractivity contribution is -0.142. The van der Waals surface area contributed by atoms with Crippen LogP contribution in [0.5, 0.6) is 0 Å². The lowest BCUT2D eigenvalue weighted by Gasteiger charge is -2.38. The Morgan fingerprint density at radius 1 is 1.15 bits per heavy atom. The highest BCUT2D eigenvalue weighted by atomic mass is 19.1. The van der Waals surface area contributed by atoms with E-state index in [0.717, 1.165) is 18.5 Å². The Hall–Kier alpha value is -2.63. The van der Waals surface area contributed by atoms with Gasteiger partial charge >= 0.3 is 0 Å². The van der Waals surface area contributed by atoms with E-state index in [1.165, 1.54) is 6.07 Å². The first-order valence-electron chi connectivity index (χ1n) is 9.58. The number of hydrogen-bond acceptors (Lipinski definition) is 2. The first-order chi connectivity index (χ1) is 13.1. The summed E-state index contributed by atoms with van der Waals surface area (Å²) in [4.78, 5) is 28.9. The van der Waals surface area contributed by atoms with Crippen molar-refractivity contribution in [2.45, 2.75) is 32.4 Å². The van der Waals surface area contributed by atoms with Crippen LogP contribution in [-0.2, 0) is 16.1 Å². The van der Waals surface area contributed by atoms with E-state index in [0.29, 0.717) is 25.2 Å². The van der Waals surface area contributed by atoms with E-state index in [-0.39, 0.29) is 30.1 Å². The molecule has 0 spiro atoms. The zero-order valence-electron chi connectivity index (χ0n) is 15.5. The largest absolute Gasteiger partial charge is 0.348 e. The summed E-state index contributed by atoms with van der Waals surface area (Å²) < 4.78 is 16.6. The normalized spacial score (nSPS) is 18.9. The molecule has 142 valence electrons. The lowest BCUT2D eigenvalue weighted by atomic mass is 9.99. The molecule has 1 aliphatic heterocycles. The highest BCUT2D eigenvalue weighted by molar-refractivity contribution is 5.87. The zero-order valence-corrected chi connectivity index (χ0v) is 15.5. The second kappa shape index (κ2) is 7.18. The standard InChI is InChI=1S/C21H24FN3O2/c1-2-23(21(27)15-9-10-15)14-19(26)25-13-12-24-11-5-8-18(24)20(25)16-6-3-4-7-17(16)22/h3-8,11,15,20H,2,9-10,12-14H2,1H3/t20-/m1/s1. The van der Waals surface area contributed by atoms with Crippen molar-refractivity contribution >= 4 is 11.8 Å². The summed E-state index contributed by atoms with van der Waals surface area (Å²) in [6.45, 7) is 3.62. The second-order valence-electron chi connectivity index (χ2n) is 7.26. The van der Waals surface area contributed by atoms with Gasteiger partial charge in [0, 0.05) is 43.0 Å². The summed E-state index contributed by atoms with van der Waals surface area (Å²) in [5, 5.41) is 0. The van der Waals surface area contributed by atoms with E-state index in [1.54, 1.807) is 28.0 Å². The molecule has 2 amide bonds. The van der Waals surface area contributed by atoms with E-state index in [9.17, 15) is 14.0 Å².